The predicted molar refractivity (Wildman–Crippen MR) is 186 cm³/mol. The highest BCUT2D eigenvalue weighted by Crippen LogP contribution is 2.30. The average Bonchev–Trinajstić information content (AvgIpc) is 3.03. The maximum Gasteiger partial charge on any atom is 0.237 e. The summed E-state index contributed by atoms with van der Waals surface area (Å²) in [6.07, 6.45) is 5.38. The normalized spacial score (nSPS) is 12.1. The van der Waals surface area contributed by atoms with Crippen LogP contribution >= 0.6 is 11.9 Å². The minimum Gasteiger partial charge on any atom is -0.476 e. The molecular formula is C35H45N7O3S. The largest absolute Gasteiger partial charge is 0.476 e. The summed E-state index contributed by atoms with van der Waals surface area (Å²) in [6, 6.07) is 15.5. The second kappa shape index (κ2) is 16.5. The minimum absolute atomic E-state index is 0.0168. The quantitative estimate of drug-likeness (QED) is 0.102. The maximum atomic E-state index is 11.3. The number of carbonyl (C=O) groups excluding carboxylic acids is 1. The Morgan fingerprint density at radius 3 is 2.41 bits per heavy atom. The van der Waals surface area contributed by atoms with Crippen LogP contribution in [0.5, 0.6) is 5.88 Å². The zero-order valence-corrected chi connectivity index (χ0v) is 28.6. The van der Waals surface area contributed by atoms with Crippen molar-refractivity contribution >= 4 is 29.9 Å². The number of benzene rings is 2. The van der Waals surface area contributed by atoms with Crippen molar-refractivity contribution in [3.8, 4) is 17.1 Å². The molecule has 0 aliphatic rings. The summed E-state index contributed by atoms with van der Waals surface area (Å²) in [5.74, 6) is 1.60. The van der Waals surface area contributed by atoms with E-state index in [0.29, 0.717) is 43.0 Å². The lowest BCUT2D eigenvalue weighted by molar-refractivity contribution is 0.112. The van der Waals surface area contributed by atoms with E-state index >= 15 is 0 Å². The molecule has 0 saturated heterocycles. The molecule has 0 amide bonds. The summed E-state index contributed by atoms with van der Waals surface area (Å²) < 4.78 is 14.8. The number of hydrogen-bond acceptors (Lipinski definition) is 11. The maximum absolute atomic E-state index is 11.3. The number of ether oxygens (including phenoxy) is 2. The van der Waals surface area contributed by atoms with E-state index in [0.717, 1.165) is 52.2 Å². The monoisotopic (exact) mass is 643 g/mol. The van der Waals surface area contributed by atoms with E-state index in [4.69, 9.17) is 19.4 Å². The van der Waals surface area contributed by atoms with E-state index in [1.165, 1.54) is 11.9 Å². The minimum atomic E-state index is 0.0168. The van der Waals surface area contributed by atoms with Crippen molar-refractivity contribution in [1.29, 1.82) is 0 Å². The van der Waals surface area contributed by atoms with Gasteiger partial charge in [0.05, 0.1) is 36.9 Å². The van der Waals surface area contributed by atoms with E-state index in [9.17, 15) is 4.79 Å². The van der Waals surface area contributed by atoms with Crippen LogP contribution in [0.3, 0.4) is 0 Å². The van der Waals surface area contributed by atoms with Gasteiger partial charge in [-0.3, -0.25) is 9.52 Å². The summed E-state index contributed by atoms with van der Waals surface area (Å²) in [4.78, 5) is 32.9. The molecule has 4 aromatic rings. The van der Waals surface area contributed by atoms with E-state index in [1.54, 1.807) is 13.2 Å². The molecule has 2 aromatic heterocycles. The molecule has 0 bridgehead atoms. The molecule has 244 valence electrons. The summed E-state index contributed by atoms with van der Waals surface area (Å²) in [5, 5.41) is 3.61. The zero-order chi connectivity index (χ0) is 33.1. The highest BCUT2D eigenvalue weighted by Gasteiger charge is 2.21. The molecular weight excluding hydrogens is 598 g/mol. The smallest absolute Gasteiger partial charge is 0.237 e. The Kier molecular flexibility index (Phi) is 12.5. The Morgan fingerprint density at radius 1 is 1.02 bits per heavy atom. The van der Waals surface area contributed by atoms with Gasteiger partial charge in [0, 0.05) is 48.8 Å². The number of rotatable bonds is 16. The van der Waals surface area contributed by atoms with Gasteiger partial charge in [0.25, 0.3) is 0 Å². The number of hydrogen-bond donors (Lipinski definition) is 2. The molecule has 0 radical (unpaired) electrons. The van der Waals surface area contributed by atoms with E-state index in [1.807, 2.05) is 49.8 Å². The Labute approximate surface area is 276 Å². The number of nitrogens with zero attached hydrogens (tertiary/aromatic N) is 5. The lowest BCUT2D eigenvalue weighted by atomic mass is 9.88. The molecule has 2 aromatic carbocycles. The zero-order valence-electron chi connectivity index (χ0n) is 27.8. The van der Waals surface area contributed by atoms with Crippen LogP contribution in [0.15, 0.2) is 65.8 Å². The lowest BCUT2D eigenvalue weighted by Gasteiger charge is -2.27. The van der Waals surface area contributed by atoms with Gasteiger partial charge in [-0.05, 0) is 60.9 Å². The Hall–Kier alpha value is -4.06. The number of nitrogens with one attached hydrogen (secondary N) is 2. The van der Waals surface area contributed by atoms with Crippen LogP contribution in [0, 0.1) is 19.3 Å². The average molecular weight is 644 g/mol. The third kappa shape index (κ3) is 10.5. The molecule has 0 fully saturated rings. The number of methoxy groups -OCH3 is 1. The lowest BCUT2D eigenvalue weighted by Crippen LogP contribution is -2.38. The van der Waals surface area contributed by atoms with Crippen LogP contribution in [0.4, 0.5) is 11.6 Å². The van der Waals surface area contributed by atoms with Crippen molar-refractivity contribution in [1.82, 2.24) is 25.3 Å². The molecule has 11 heteroatoms. The van der Waals surface area contributed by atoms with Crippen LogP contribution in [0.2, 0.25) is 0 Å². The fourth-order valence-corrected chi connectivity index (χ4v) is 5.63. The molecule has 1 unspecified atom stereocenters. The molecule has 10 nitrogen and oxygen atoms in total. The van der Waals surface area contributed by atoms with Crippen molar-refractivity contribution in [3.05, 3.63) is 83.4 Å². The van der Waals surface area contributed by atoms with Gasteiger partial charge in [0.1, 0.15) is 18.7 Å². The standard InChI is InChI=1S/C35H45N7O3S/c1-24-10-8-11-25(2)33(24)30-17-32(40-34(39-30)41-46-29-13-9-12-26(16-29)22-43)45-23-27(18-35(3,4)5)36-21-31-37-19-28(20-38-31)42(6)14-15-44-7/h8-13,16-17,19-20,22,27,36H,14-15,18,21,23H2,1-7H3,(H,39,40,41). The number of aromatic nitrogens is 4. The van der Waals surface area contributed by atoms with Gasteiger partial charge in [0.2, 0.25) is 11.8 Å². The molecule has 1 atom stereocenters. The summed E-state index contributed by atoms with van der Waals surface area (Å²) in [6.45, 7) is 13.1. The number of anilines is 2. The number of aryl methyl sites for hydroxylation is 2. The molecule has 4 rings (SSSR count). The van der Waals surface area contributed by atoms with Gasteiger partial charge in [-0.2, -0.15) is 4.98 Å². The molecule has 0 saturated carbocycles. The van der Waals surface area contributed by atoms with E-state index < -0.39 is 0 Å². The van der Waals surface area contributed by atoms with Gasteiger partial charge < -0.3 is 19.7 Å². The first-order chi connectivity index (χ1) is 22.0. The summed E-state index contributed by atoms with van der Waals surface area (Å²) >= 11 is 1.34. The highest BCUT2D eigenvalue weighted by molar-refractivity contribution is 8.00. The topological polar surface area (TPSA) is 114 Å². The van der Waals surface area contributed by atoms with Crippen LogP contribution in [-0.4, -0.2) is 66.2 Å². The van der Waals surface area contributed by atoms with E-state index in [-0.39, 0.29) is 11.5 Å². The fourth-order valence-electron chi connectivity index (χ4n) is 4.99. The van der Waals surface area contributed by atoms with Gasteiger partial charge in [-0.25, -0.2) is 15.0 Å². The van der Waals surface area contributed by atoms with Gasteiger partial charge in [-0.1, -0.05) is 51.1 Å². The fraction of sp³-hybridized carbons (Fsp3) is 0.400. The van der Waals surface area contributed by atoms with Gasteiger partial charge >= 0.3 is 0 Å². The van der Waals surface area contributed by atoms with Crippen LogP contribution in [-0.2, 0) is 11.3 Å². The molecule has 0 aliphatic heterocycles. The van der Waals surface area contributed by atoms with Crippen LogP contribution < -0.4 is 19.7 Å². The van der Waals surface area contributed by atoms with Crippen molar-refractivity contribution in [3.63, 3.8) is 0 Å². The Morgan fingerprint density at radius 2 is 1.74 bits per heavy atom. The van der Waals surface area contributed by atoms with Crippen molar-refractivity contribution in [2.24, 2.45) is 5.41 Å². The number of likely N-dealkylation sites (N-methyl/N-ethyl adjacent to an activating group) is 1. The van der Waals surface area contributed by atoms with Crippen molar-refractivity contribution in [2.45, 2.75) is 58.5 Å². The summed E-state index contributed by atoms with van der Waals surface area (Å²) in [7, 11) is 3.69. The first kappa shape index (κ1) is 34.8. The predicted octanol–water partition coefficient (Wildman–Crippen LogP) is 6.54. The number of aldehydes is 1. The first-order valence-corrected chi connectivity index (χ1v) is 16.2. The van der Waals surface area contributed by atoms with Gasteiger partial charge in [0.15, 0.2) is 0 Å². The van der Waals surface area contributed by atoms with Crippen molar-refractivity contribution in [2.75, 3.05) is 43.5 Å². The first-order valence-electron chi connectivity index (χ1n) is 15.4. The van der Waals surface area contributed by atoms with Crippen LogP contribution in [0.25, 0.3) is 11.3 Å². The second-order valence-electron chi connectivity index (χ2n) is 12.5. The molecule has 0 aliphatic carbocycles. The molecule has 2 heterocycles. The Balaban J connectivity index is 1.52. The van der Waals surface area contributed by atoms with Crippen molar-refractivity contribution < 1.29 is 14.3 Å². The third-order valence-corrected chi connectivity index (χ3v) is 8.07. The molecule has 46 heavy (non-hydrogen) atoms. The van der Waals surface area contributed by atoms with E-state index in [2.05, 4.69) is 71.7 Å². The summed E-state index contributed by atoms with van der Waals surface area (Å²) in [5.41, 5.74) is 5.66. The second-order valence-corrected chi connectivity index (χ2v) is 13.4. The molecule has 2 N–H and O–H groups in total. The van der Waals surface area contributed by atoms with Crippen LogP contribution in [0.1, 0.15) is 54.5 Å². The highest BCUT2D eigenvalue weighted by atomic mass is 32.2. The third-order valence-electron chi connectivity index (χ3n) is 7.30. The Bertz CT molecular complexity index is 1560. The number of carbonyl (C=O) groups is 1. The van der Waals surface area contributed by atoms with Gasteiger partial charge in [-0.15, -0.1) is 0 Å². The molecule has 0 spiro atoms. The SMILES string of the molecule is COCCN(C)c1cnc(CNC(COc2cc(-c3c(C)cccc3C)nc(NSc3cccc(C=O)c3)n2)CC(C)(C)C)nc1.